The highest BCUT2D eigenvalue weighted by atomic mass is 16.7. The van der Waals surface area contributed by atoms with Crippen molar-refractivity contribution in [2.75, 3.05) is 20.3 Å². The van der Waals surface area contributed by atoms with Crippen molar-refractivity contribution in [1.29, 1.82) is 0 Å². The van der Waals surface area contributed by atoms with Crippen LogP contribution < -0.4 is 10.1 Å². The average molecular weight is 412 g/mol. The molecule has 0 amide bonds. The van der Waals surface area contributed by atoms with Gasteiger partial charge in [-0.3, -0.25) is 4.79 Å². The molecule has 0 fully saturated rings. The first kappa shape index (κ1) is 29.6. The van der Waals surface area contributed by atoms with Crippen LogP contribution in [0.15, 0.2) is 24.3 Å². The first-order valence-corrected chi connectivity index (χ1v) is 10.8. The molecule has 1 rings (SSSR count). The van der Waals surface area contributed by atoms with Crippen molar-refractivity contribution < 1.29 is 19.0 Å². The van der Waals surface area contributed by atoms with Crippen molar-refractivity contribution in [2.45, 2.75) is 92.9 Å². The third-order valence-electron chi connectivity index (χ3n) is 3.57. The van der Waals surface area contributed by atoms with E-state index in [1.165, 1.54) is 25.5 Å². The fourth-order valence-corrected chi connectivity index (χ4v) is 2.07. The second kappa shape index (κ2) is 17.3. The lowest BCUT2D eigenvalue weighted by atomic mass is 10.0. The van der Waals surface area contributed by atoms with Gasteiger partial charge in [-0.25, -0.2) is 0 Å². The highest BCUT2D eigenvalue weighted by molar-refractivity contribution is 5.79. The lowest BCUT2D eigenvalue weighted by molar-refractivity contribution is -0.147. The fourth-order valence-electron chi connectivity index (χ4n) is 2.07. The summed E-state index contributed by atoms with van der Waals surface area (Å²) in [5.41, 5.74) is 0.551. The van der Waals surface area contributed by atoms with E-state index in [9.17, 15) is 4.79 Å². The van der Waals surface area contributed by atoms with Gasteiger partial charge >= 0.3 is 5.97 Å². The monoisotopic (exact) mass is 411 g/mol. The largest absolute Gasteiger partial charge is 0.468 e. The molecule has 0 bridgehead atoms. The summed E-state index contributed by atoms with van der Waals surface area (Å²) in [5, 5.41) is 3.09. The van der Waals surface area contributed by atoms with E-state index >= 15 is 0 Å². The molecule has 170 valence electrons. The third-order valence-corrected chi connectivity index (χ3v) is 3.57. The number of esters is 1. The molecule has 1 unspecified atom stereocenters. The van der Waals surface area contributed by atoms with Crippen LogP contribution in [0.3, 0.4) is 0 Å². The van der Waals surface area contributed by atoms with Crippen LogP contribution in [0, 0.1) is 0 Å². The number of hydrogen-bond acceptors (Lipinski definition) is 5. The van der Waals surface area contributed by atoms with Gasteiger partial charge in [-0.1, -0.05) is 66.5 Å². The first-order valence-electron chi connectivity index (χ1n) is 10.8. The number of ether oxygens (including phenoxy) is 3. The Labute approximate surface area is 179 Å². The third kappa shape index (κ3) is 15.0. The van der Waals surface area contributed by atoms with Gasteiger partial charge < -0.3 is 19.5 Å². The summed E-state index contributed by atoms with van der Waals surface area (Å²) in [5.74, 6) is 0.985. The number of carbonyl (C=O) groups excluding carboxylic acids is 1. The van der Waals surface area contributed by atoms with E-state index in [0.29, 0.717) is 19.1 Å². The second-order valence-electron chi connectivity index (χ2n) is 7.74. The molecule has 0 aliphatic rings. The Kier molecular flexibility index (Phi) is 17.6. The predicted octanol–water partition coefficient (Wildman–Crippen LogP) is 5.93. The lowest BCUT2D eigenvalue weighted by Gasteiger charge is -2.23. The Balaban J connectivity index is 0. The molecule has 0 aliphatic heterocycles. The van der Waals surface area contributed by atoms with Crippen LogP contribution in [0.25, 0.3) is 0 Å². The highest BCUT2D eigenvalue weighted by Crippen LogP contribution is 2.19. The summed E-state index contributed by atoms with van der Waals surface area (Å²) in [6.07, 6.45) is 2.14. The minimum Gasteiger partial charge on any atom is -0.468 e. The van der Waals surface area contributed by atoms with Gasteiger partial charge in [0.15, 0.2) is 6.29 Å². The first-order chi connectivity index (χ1) is 13.6. The number of methoxy groups -OCH3 is 1. The van der Waals surface area contributed by atoms with Gasteiger partial charge in [0.2, 0.25) is 0 Å². The molecular weight excluding hydrogens is 366 g/mol. The topological polar surface area (TPSA) is 56.8 Å². The van der Waals surface area contributed by atoms with Crippen LogP contribution in [0.2, 0.25) is 0 Å². The number of rotatable bonds is 9. The Morgan fingerprint density at radius 3 is 1.90 bits per heavy atom. The number of benzene rings is 1. The molecule has 1 aromatic rings. The van der Waals surface area contributed by atoms with E-state index in [2.05, 4.69) is 59.0 Å². The van der Waals surface area contributed by atoms with Crippen LogP contribution in [0.5, 0.6) is 5.75 Å². The van der Waals surface area contributed by atoms with Gasteiger partial charge in [-0.2, -0.15) is 0 Å². The maximum atomic E-state index is 11.5. The van der Waals surface area contributed by atoms with Crippen molar-refractivity contribution in [3.05, 3.63) is 29.8 Å². The van der Waals surface area contributed by atoms with E-state index in [4.69, 9.17) is 14.2 Å². The van der Waals surface area contributed by atoms with Crippen molar-refractivity contribution in [2.24, 2.45) is 0 Å². The summed E-state index contributed by atoms with van der Waals surface area (Å²) in [7, 11) is 1.38. The van der Waals surface area contributed by atoms with Crippen LogP contribution in [0.4, 0.5) is 0 Å². The van der Waals surface area contributed by atoms with E-state index in [0.717, 1.165) is 5.75 Å². The zero-order chi connectivity index (χ0) is 22.9. The van der Waals surface area contributed by atoms with E-state index in [-0.39, 0.29) is 12.3 Å². The summed E-state index contributed by atoms with van der Waals surface area (Å²) in [4.78, 5) is 11.5. The summed E-state index contributed by atoms with van der Waals surface area (Å²) < 4.78 is 16.0. The van der Waals surface area contributed by atoms with Gasteiger partial charge in [-0.15, -0.1) is 0 Å². The fraction of sp³-hybridized carbons (Fsp3) is 0.708. The van der Waals surface area contributed by atoms with Gasteiger partial charge in [0.1, 0.15) is 11.3 Å². The normalized spacial score (nSPS) is 11.6. The van der Waals surface area contributed by atoms with Gasteiger partial charge in [0, 0.05) is 6.54 Å². The molecule has 1 atom stereocenters. The molecule has 5 nitrogen and oxygen atoms in total. The lowest BCUT2D eigenvalue weighted by Crippen LogP contribution is -2.48. The summed E-state index contributed by atoms with van der Waals surface area (Å²) in [6.45, 7) is 19.2. The van der Waals surface area contributed by atoms with Gasteiger partial charge in [0.25, 0.3) is 0 Å². The van der Waals surface area contributed by atoms with Gasteiger partial charge in [-0.05, 0) is 44.4 Å². The van der Waals surface area contributed by atoms with Crippen LogP contribution >= 0.6 is 0 Å². The van der Waals surface area contributed by atoms with E-state index in [1.54, 1.807) is 13.8 Å². The van der Waals surface area contributed by atoms with Crippen LogP contribution in [0.1, 0.15) is 86.6 Å². The molecule has 0 heterocycles. The zero-order valence-electron chi connectivity index (χ0n) is 20.4. The Morgan fingerprint density at radius 1 is 1.00 bits per heavy atom. The molecule has 0 radical (unpaired) electrons. The Hall–Kier alpha value is -1.59. The number of nitrogens with one attached hydrogen (secondary N) is 1. The van der Waals surface area contributed by atoms with Crippen molar-refractivity contribution in [3.63, 3.8) is 0 Å². The maximum absolute atomic E-state index is 11.5. The molecule has 1 N–H and O–H groups in total. The summed E-state index contributed by atoms with van der Waals surface area (Å²) in [6, 6.07) is 8.03. The number of hydrogen-bond donors (Lipinski definition) is 1. The number of carbonyl (C=O) groups is 1. The molecule has 0 saturated carbocycles. The van der Waals surface area contributed by atoms with Crippen molar-refractivity contribution in [1.82, 2.24) is 5.32 Å². The highest BCUT2D eigenvalue weighted by Gasteiger charge is 2.27. The van der Waals surface area contributed by atoms with E-state index in [1.807, 2.05) is 19.1 Å². The quantitative estimate of drug-likeness (QED) is 0.310. The van der Waals surface area contributed by atoms with Crippen LogP contribution in [-0.2, 0) is 14.3 Å². The molecular formula is C24H45NO4. The minimum absolute atomic E-state index is 0.299. The smallest absolute Gasteiger partial charge is 0.325 e. The Bertz CT molecular complexity index is 510. The van der Waals surface area contributed by atoms with Gasteiger partial charge in [0.05, 0.1) is 13.7 Å². The Morgan fingerprint density at radius 2 is 1.48 bits per heavy atom. The predicted molar refractivity (Wildman–Crippen MR) is 123 cm³/mol. The maximum Gasteiger partial charge on any atom is 0.325 e. The van der Waals surface area contributed by atoms with E-state index < -0.39 is 5.54 Å². The van der Waals surface area contributed by atoms with Crippen molar-refractivity contribution in [3.8, 4) is 5.75 Å². The molecule has 0 spiro atoms. The molecule has 1 aromatic carbocycles. The van der Waals surface area contributed by atoms with Crippen molar-refractivity contribution >= 4 is 5.97 Å². The molecule has 0 saturated heterocycles. The van der Waals surface area contributed by atoms with Crippen LogP contribution in [-0.4, -0.2) is 38.1 Å². The second-order valence-corrected chi connectivity index (χ2v) is 7.74. The summed E-state index contributed by atoms with van der Waals surface area (Å²) >= 11 is 0. The molecule has 0 aromatic heterocycles. The SMILES string of the molecule is CCC.CCC.COC(=O)C(C)(C)NCCOC(C)Oc1ccc(C(C)C)cc1. The minimum atomic E-state index is -0.727. The standard InChI is InChI=1S/C18H29NO4.2C3H8/c1-13(2)15-7-9-16(10-8-15)23-14(3)22-12-11-19-18(4,5)17(20)21-6;2*1-3-2/h7-10,13-14,19H,11-12H2,1-6H3;2*3H2,1-2H3. The molecule has 0 aliphatic carbocycles. The average Bonchev–Trinajstić information content (AvgIpc) is 2.66. The zero-order valence-corrected chi connectivity index (χ0v) is 20.4. The molecule has 5 heteroatoms. The molecule has 29 heavy (non-hydrogen) atoms.